The van der Waals surface area contributed by atoms with Crippen LogP contribution < -0.4 is 5.32 Å². The van der Waals surface area contributed by atoms with Crippen LogP contribution in [0.2, 0.25) is 5.02 Å². The van der Waals surface area contributed by atoms with Crippen LogP contribution >= 0.6 is 22.9 Å². The number of nitro benzene ring substituents is 1. The monoisotopic (exact) mass is 471 g/mol. The Bertz CT molecular complexity index is 1190. The van der Waals surface area contributed by atoms with E-state index in [4.69, 9.17) is 16.3 Å². The van der Waals surface area contributed by atoms with Crippen molar-refractivity contribution in [2.75, 3.05) is 5.32 Å². The van der Waals surface area contributed by atoms with Crippen LogP contribution in [0.5, 0.6) is 0 Å². The zero-order chi connectivity index (χ0) is 23.1. The first-order chi connectivity index (χ1) is 15.3. The number of carbonyl (C=O) groups excluding carboxylic acids is 2. The van der Waals surface area contributed by atoms with Gasteiger partial charge >= 0.3 is 5.97 Å². The van der Waals surface area contributed by atoms with Crippen molar-refractivity contribution in [1.82, 2.24) is 4.98 Å². The number of hydrogen-bond donors (Lipinski definition) is 1. The lowest BCUT2D eigenvalue weighted by atomic mass is 10.2. The van der Waals surface area contributed by atoms with Crippen LogP contribution in [0.25, 0.3) is 6.08 Å². The lowest BCUT2D eigenvalue weighted by molar-refractivity contribution is -0.384. The van der Waals surface area contributed by atoms with Crippen molar-refractivity contribution >= 4 is 52.3 Å². The van der Waals surface area contributed by atoms with Gasteiger partial charge in [-0.05, 0) is 36.3 Å². The summed E-state index contributed by atoms with van der Waals surface area (Å²) in [5.41, 5.74) is 2.43. The molecule has 0 saturated carbocycles. The second-order valence-corrected chi connectivity index (χ2v) is 8.03. The van der Waals surface area contributed by atoms with E-state index in [1.165, 1.54) is 29.5 Å². The maximum Gasteiger partial charge on any atom is 0.331 e. The van der Waals surface area contributed by atoms with Gasteiger partial charge in [0.25, 0.3) is 5.69 Å². The van der Waals surface area contributed by atoms with Crippen molar-refractivity contribution in [3.8, 4) is 0 Å². The van der Waals surface area contributed by atoms with E-state index >= 15 is 0 Å². The minimum Gasteiger partial charge on any atom is -0.456 e. The van der Waals surface area contributed by atoms with Gasteiger partial charge in [0.2, 0.25) is 5.91 Å². The first-order valence-electron chi connectivity index (χ1n) is 9.39. The fourth-order valence-electron chi connectivity index (χ4n) is 2.67. The molecule has 3 rings (SSSR count). The first-order valence-corrected chi connectivity index (χ1v) is 10.6. The van der Waals surface area contributed by atoms with Crippen LogP contribution in [0.3, 0.4) is 0 Å². The number of benzene rings is 2. The van der Waals surface area contributed by atoms with E-state index in [0.717, 1.165) is 17.3 Å². The third-order valence-corrected chi connectivity index (χ3v) is 5.49. The van der Waals surface area contributed by atoms with Gasteiger partial charge in [-0.2, -0.15) is 0 Å². The van der Waals surface area contributed by atoms with E-state index in [9.17, 15) is 19.7 Å². The van der Waals surface area contributed by atoms with E-state index in [1.54, 1.807) is 11.4 Å². The van der Waals surface area contributed by atoms with Gasteiger partial charge in [0.05, 0.1) is 17.0 Å². The van der Waals surface area contributed by atoms with Crippen LogP contribution in [-0.4, -0.2) is 21.8 Å². The fraction of sp³-hybridized carbons (Fsp3) is 0.136. The van der Waals surface area contributed by atoms with Crippen LogP contribution in [-0.2, 0) is 27.4 Å². The molecule has 0 spiro atoms. The van der Waals surface area contributed by atoms with E-state index in [-0.39, 0.29) is 29.6 Å². The summed E-state index contributed by atoms with van der Waals surface area (Å²) >= 11 is 7.07. The Morgan fingerprint density at radius 1 is 1.28 bits per heavy atom. The summed E-state index contributed by atoms with van der Waals surface area (Å²) in [5, 5.41) is 16.1. The molecule has 1 amide bonds. The Kier molecular flexibility index (Phi) is 7.69. The molecule has 0 saturated heterocycles. The van der Waals surface area contributed by atoms with E-state index < -0.39 is 10.9 Å². The largest absolute Gasteiger partial charge is 0.456 e. The molecule has 8 nitrogen and oxygen atoms in total. The lowest BCUT2D eigenvalue weighted by Crippen LogP contribution is -2.15. The number of anilines is 1. The first kappa shape index (κ1) is 23.1. The maximum atomic E-state index is 12.2. The zero-order valence-corrected chi connectivity index (χ0v) is 18.5. The molecule has 0 unspecified atom stereocenters. The summed E-state index contributed by atoms with van der Waals surface area (Å²) in [4.78, 5) is 38.8. The molecule has 0 aliphatic rings. The molecular weight excluding hydrogens is 454 g/mol. The van der Waals surface area contributed by atoms with Gasteiger partial charge in [0.1, 0.15) is 16.6 Å². The van der Waals surface area contributed by atoms with Gasteiger partial charge in [-0.25, -0.2) is 9.78 Å². The number of esters is 1. The minimum absolute atomic E-state index is 0.0154. The second kappa shape index (κ2) is 10.7. The topological polar surface area (TPSA) is 111 Å². The molecule has 0 radical (unpaired) electrons. The van der Waals surface area contributed by atoms with Gasteiger partial charge < -0.3 is 10.1 Å². The number of nitrogens with one attached hydrogen (secondary N) is 1. The Labute approximate surface area is 192 Å². The standard InChI is InChI=1S/C22H18ClN3O5S/c1-14-4-2-3-5-18(14)25-20(27)11-21-24-16(13-32-21)12-31-22(28)9-7-15-6-8-17(23)19(10-15)26(29)30/h2-10,13H,11-12H2,1H3,(H,25,27)/b9-7-. The van der Waals surface area contributed by atoms with Crippen molar-refractivity contribution in [1.29, 1.82) is 0 Å². The lowest BCUT2D eigenvalue weighted by Gasteiger charge is -2.06. The number of thiazole rings is 1. The van der Waals surface area contributed by atoms with E-state index in [0.29, 0.717) is 16.3 Å². The summed E-state index contributed by atoms with van der Waals surface area (Å²) in [5.74, 6) is -0.813. The maximum absolute atomic E-state index is 12.2. The van der Waals surface area contributed by atoms with Gasteiger partial charge in [0, 0.05) is 23.2 Å². The Hall–Kier alpha value is -3.56. The normalized spacial score (nSPS) is 10.8. The van der Waals surface area contributed by atoms with Crippen molar-refractivity contribution < 1.29 is 19.2 Å². The van der Waals surface area contributed by atoms with Gasteiger partial charge in [-0.15, -0.1) is 11.3 Å². The highest BCUT2D eigenvalue weighted by molar-refractivity contribution is 7.09. The van der Waals surface area contributed by atoms with Gasteiger partial charge in [0.15, 0.2) is 0 Å². The summed E-state index contributed by atoms with van der Waals surface area (Å²) in [6, 6.07) is 11.7. The number of nitrogens with zero attached hydrogens (tertiary/aromatic N) is 2. The fourth-order valence-corrected chi connectivity index (χ4v) is 3.64. The number of hydrogen-bond acceptors (Lipinski definition) is 7. The molecule has 0 aliphatic heterocycles. The van der Waals surface area contributed by atoms with E-state index in [1.807, 2.05) is 31.2 Å². The smallest absolute Gasteiger partial charge is 0.331 e. The van der Waals surface area contributed by atoms with Gasteiger partial charge in [-0.3, -0.25) is 14.9 Å². The molecule has 1 heterocycles. The number of nitro groups is 1. The highest BCUT2D eigenvalue weighted by Gasteiger charge is 2.12. The minimum atomic E-state index is -0.630. The summed E-state index contributed by atoms with van der Waals surface area (Å²) in [7, 11) is 0. The molecule has 1 N–H and O–H groups in total. The summed E-state index contributed by atoms with van der Waals surface area (Å²) in [6.45, 7) is 1.86. The number of ether oxygens (including phenoxy) is 1. The van der Waals surface area contributed by atoms with Crippen LogP contribution in [0, 0.1) is 17.0 Å². The SMILES string of the molecule is Cc1ccccc1NC(=O)Cc1nc(COC(=O)/C=C\c2ccc(Cl)c([N+](=O)[O-])c2)cs1. The van der Waals surface area contributed by atoms with Crippen LogP contribution in [0.4, 0.5) is 11.4 Å². The Morgan fingerprint density at radius 2 is 2.06 bits per heavy atom. The Morgan fingerprint density at radius 3 is 2.81 bits per heavy atom. The number of para-hydroxylation sites is 1. The average molecular weight is 472 g/mol. The zero-order valence-electron chi connectivity index (χ0n) is 16.9. The molecule has 0 fully saturated rings. The quantitative estimate of drug-likeness (QED) is 0.215. The van der Waals surface area contributed by atoms with Crippen molar-refractivity contribution in [2.45, 2.75) is 20.0 Å². The number of aromatic nitrogens is 1. The number of rotatable bonds is 8. The highest BCUT2D eigenvalue weighted by atomic mass is 35.5. The van der Waals surface area contributed by atoms with Crippen molar-refractivity contribution in [3.63, 3.8) is 0 Å². The summed E-state index contributed by atoms with van der Waals surface area (Å²) in [6.07, 6.45) is 2.67. The predicted octanol–water partition coefficient (Wildman–Crippen LogP) is 4.95. The highest BCUT2D eigenvalue weighted by Crippen LogP contribution is 2.25. The van der Waals surface area contributed by atoms with Crippen LogP contribution in [0.1, 0.15) is 21.8 Å². The number of halogens is 1. The molecule has 2 aromatic carbocycles. The Balaban J connectivity index is 1.50. The van der Waals surface area contributed by atoms with Crippen molar-refractivity contribution in [2.24, 2.45) is 0 Å². The average Bonchev–Trinajstić information content (AvgIpc) is 3.20. The molecule has 3 aromatic rings. The third-order valence-electron chi connectivity index (χ3n) is 4.27. The van der Waals surface area contributed by atoms with Crippen LogP contribution in [0.15, 0.2) is 53.9 Å². The summed E-state index contributed by atoms with van der Waals surface area (Å²) < 4.78 is 5.14. The molecule has 1 aromatic heterocycles. The van der Waals surface area contributed by atoms with Crippen molar-refractivity contribution in [3.05, 3.63) is 90.9 Å². The molecule has 32 heavy (non-hydrogen) atoms. The second-order valence-electron chi connectivity index (χ2n) is 6.68. The molecule has 0 bridgehead atoms. The van der Waals surface area contributed by atoms with E-state index in [2.05, 4.69) is 10.3 Å². The third kappa shape index (κ3) is 6.47. The number of carbonyl (C=O) groups is 2. The molecule has 0 aliphatic carbocycles. The van der Waals surface area contributed by atoms with Gasteiger partial charge in [-0.1, -0.05) is 35.9 Å². The number of aryl methyl sites for hydroxylation is 1. The predicted molar refractivity (Wildman–Crippen MR) is 123 cm³/mol. The molecule has 164 valence electrons. The molecular formula is C22H18ClN3O5S. The molecule has 0 atom stereocenters. The number of amides is 1. The molecule has 10 heteroatoms.